The number of aliphatic hydroxyl groups is 2. The number of anilines is 1. The molecule has 10 heteroatoms. The van der Waals surface area contributed by atoms with Crippen LogP contribution in [0.15, 0.2) is 11.1 Å². The highest BCUT2D eigenvalue weighted by Gasteiger charge is 2.31. The number of imidazole rings is 1. The zero-order valence-corrected chi connectivity index (χ0v) is 14.9. The van der Waals surface area contributed by atoms with Crippen molar-refractivity contribution in [2.24, 2.45) is 11.3 Å². The highest BCUT2D eigenvalue weighted by atomic mass is 16.5. The van der Waals surface area contributed by atoms with E-state index in [-0.39, 0.29) is 56.0 Å². The highest BCUT2D eigenvalue weighted by Crippen LogP contribution is 2.24. The number of rotatable bonds is 9. The summed E-state index contributed by atoms with van der Waals surface area (Å²) in [5.74, 6) is -0.241. The van der Waals surface area contributed by atoms with E-state index in [0.29, 0.717) is 12.2 Å². The van der Waals surface area contributed by atoms with Crippen molar-refractivity contribution in [3.63, 3.8) is 0 Å². The fourth-order valence-electron chi connectivity index (χ4n) is 2.49. The molecule has 0 spiro atoms. The number of hydrogen-bond acceptors (Lipinski definition) is 8. The number of nitrogens with zero attached hydrogens (tertiary/aromatic N) is 3. The lowest BCUT2D eigenvalue weighted by Gasteiger charge is -2.29. The van der Waals surface area contributed by atoms with Gasteiger partial charge in [0.25, 0.3) is 5.56 Å². The summed E-state index contributed by atoms with van der Waals surface area (Å²) in [5, 5.41) is 19.5. The summed E-state index contributed by atoms with van der Waals surface area (Å²) >= 11 is 0. The van der Waals surface area contributed by atoms with Crippen molar-refractivity contribution in [2.45, 2.75) is 33.2 Å². The molecule has 0 bridgehead atoms. The van der Waals surface area contributed by atoms with E-state index in [1.165, 1.54) is 6.33 Å². The van der Waals surface area contributed by atoms with Gasteiger partial charge < -0.3 is 25.3 Å². The molecule has 0 unspecified atom stereocenters. The first-order valence-electron chi connectivity index (χ1n) is 8.38. The number of H-pyrrole nitrogens is 1. The van der Waals surface area contributed by atoms with Gasteiger partial charge in [0.15, 0.2) is 11.2 Å². The molecule has 0 amide bonds. The fourth-order valence-corrected chi connectivity index (χ4v) is 2.49. The first-order valence-corrected chi connectivity index (χ1v) is 8.38. The third-order valence-corrected chi connectivity index (χ3v) is 4.16. The maximum atomic E-state index is 11.8. The minimum Gasteiger partial charge on any atom is -0.465 e. The number of aromatic nitrogens is 4. The smallest absolute Gasteiger partial charge is 0.306 e. The predicted molar refractivity (Wildman–Crippen MR) is 94.2 cm³/mol. The largest absolute Gasteiger partial charge is 0.465 e. The molecule has 2 aromatic heterocycles. The summed E-state index contributed by atoms with van der Waals surface area (Å²) < 4.78 is 6.83. The minimum atomic E-state index is -1.00. The van der Waals surface area contributed by atoms with E-state index in [4.69, 9.17) is 10.5 Å². The van der Waals surface area contributed by atoms with Gasteiger partial charge in [-0.3, -0.25) is 14.6 Å². The van der Waals surface area contributed by atoms with Crippen molar-refractivity contribution < 1.29 is 19.7 Å². The standard InChI is InChI=1S/C16H25N5O5/c1-10(2)5-11(24)26-8-16(6-22,7-23)3-4-21-9-18-12-13(21)19-15(17)20-14(12)25/h9-10,22-23H,3-8H2,1-2H3,(H3,17,19,20,25). The monoisotopic (exact) mass is 367 g/mol. The second-order valence-corrected chi connectivity index (χ2v) is 6.89. The maximum absolute atomic E-state index is 11.8. The molecule has 0 saturated carbocycles. The Labute approximate surface area is 150 Å². The van der Waals surface area contributed by atoms with Crippen LogP contribution in [0.25, 0.3) is 11.2 Å². The molecule has 0 atom stereocenters. The Hall–Kier alpha value is -2.46. The number of carbonyl (C=O) groups excluding carboxylic acids is 1. The average Bonchev–Trinajstić information content (AvgIpc) is 2.98. The van der Waals surface area contributed by atoms with E-state index in [0.717, 1.165) is 0 Å². The highest BCUT2D eigenvalue weighted by molar-refractivity contribution is 5.70. The first-order chi connectivity index (χ1) is 12.3. The third-order valence-electron chi connectivity index (χ3n) is 4.16. The topological polar surface area (TPSA) is 156 Å². The molecule has 2 aromatic rings. The Bertz CT molecular complexity index is 809. The first kappa shape index (κ1) is 19.9. The summed E-state index contributed by atoms with van der Waals surface area (Å²) in [6, 6.07) is 0. The SMILES string of the molecule is CC(C)CC(=O)OCC(CO)(CO)CCn1cnc2c(=O)[nH]c(N)nc21. The van der Waals surface area contributed by atoms with Gasteiger partial charge in [-0.15, -0.1) is 0 Å². The molecule has 0 aliphatic carbocycles. The number of fused-ring (bicyclic) bond motifs is 1. The Morgan fingerprint density at radius 2 is 2.12 bits per heavy atom. The van der Waals surface area contributed by atoms with Crippen molar-refractivity contribution in [2.75, 3.05) is 25.6 Å². The van der Waals surface area contributed by atoms with Gasteiger partial charge in [-0.25, -0.2) is 4.98 Å². The molecule has 2 heterocycles. The number of aromatic amines is 1. The summed E-state index contributed by atoms with van der Waals surface area (Å²) in [7, 11) is 0. The molecule has 2 rings (SSSR count). The summed E-state index contributed by atoms with van der Waals surface area (Å²) in [4.78, 5) is 34.0. The van der Waals surface area contributed by atoms with E-state index in [1.54, 1.807) is 4.57 Å². The van der Waals surface area contributed by atoms with Crippen molar-refractivity contribution in [3.05, 3.63) is 16.7 Å². The Morgan fingerprint density at radius 3 is 2.73 bits per heavy atom. The van der Waals surface area contributed by atoms with Crippen LogP contribution in [0.4, 0.5) is 5.95 Å². The predicted octanol–water partition coefficient (Wildman–Crippen LogP) is -0.348. The van der Waals surface area contributed by atoms with Crippen molar-refractivity contribution >= 4 is 23.1 Å². The van der Waals surface area contributed by atoms with Crippen LogP contribution in [0.1, 0.15) is 26.7 Å². The van der Waals surface area contributed by atoms with Crippen molar-refractivity contribution in [1.29, 1.82) is 0 Å². The fraction of sp³-hybridized carbons (Fsp3) is 0.625. The third kappa shape index (κ3) is 4.58. The lowest BCUT2D eigenvalue weighted by atomic mass is 9.87. The van der Waals surface area contributed by atoms with Crippen LogP contribution in [0.3, 0.4) is 0 Å². The van der Waals surface area contributed by atoms with E-state index < -0.39 is 11.0 Å². The molecule has 0 aromatic carbocycles. The minimum absolute atomic E-state index is 0.0255. The van der Waals surface area contributed by atoms with Crippen LogP contribution in [0, 0.1) is 11.3 Å². The molecule has 144 valence electrons. The summed E-state index contributed by atoms with van der Waals surface area (Å²) in [6.45, 7) is 3.28. The van der Waals surface area contributed by atoms with Gasteiger partial charge in [0, 0.05) is 13.0 Å². The maximum Gasteiger partial charge on any atom is 0.306 e. The van der Waals surface area contributed by atoms with Crippen LogP contribution >= 0.6 is 0 Å². The molecule has 5 N–H and O–H groups in total. The molecule has 10 nitrogen and oxygen atoms in total. The van der Waals surface area contributed by atoms with E-state index >= 15 is 0 Å². The second-order valence-electron chi connectivity index (χ2n) is 6.89. The number of esters is 1. The van der Waals surface area contributed by atoms with E-state index in [1.807, 2.05) is 13.8 Å². The Balaban J connectivity index is 2.11. The zero-order valence-electron chi connectivity index (χ0n) is 14.9. The van der Waals surface area contributed by atoms with Crippen LogP contribution in [0.5, 0.6) is 0 Å². The zero-order chi connectivity index (χ0) is 19.3. The quantitative estimate of drug-likeness (QED) is 0.438. The number of hydrogen-bond donors (Lipinski definition) is 4. The molecule has 26 heavy (non-hydrogen) atoms. The van der Waals surface area contributed by atoms with Gasteiger partial charge in [0.1, 0.15) is 6.61 Å². The van der Waals surface area contributed by atoms with Gasteiger partial charge in [0.2, 0.25) is 5.95 Å². The molecule has 0 saturated heterocycles. The number of nitrogens with one attached hydrogen (secondary N) is 1. The van der Waals surface area contributed by atoms with Gasteiger partial charge >= 0.3 is 5.97 Å². The Kier molecular flexibility index (Phi) is 6.32. The molecule has 0 aliphatic heterocycles. The molecule has 0 fully saturated rings. The average molecular weight is 367 g/mol. The number of nitrogen functional groups attached to an aromatic ring is 1. The molecular weight excluding hydrogens is 342 g/mol. The number of nitrogens with two attached hydrogens (primary N) is 1. The normalized spacial score (nSPS) is 12.0. The molecule has 0 radical (unpaired) electrons. The number of aliphatic hydroxyl groups excluding tert-OH is 2. The van der Waals surface area contributed by atoms with Crippen molar-refractivity contribution in [1.82, 2.24) is 19.5 Å². The number of carbonyl (C=O) groups is 1. The second kappa shape index (κ2) is 8.28. The van der Waals surface area contributed by atoms with Crippen LogP contribution in [-0.2, 0) is 16.1 Å². The van der Waals surface area contributed by atoms with Gasteiger partial charge in [-0.1, -0.05) is 13.8 Å². The van der Waals surface area contributed by atoms with Gasteiger partial charge in [-0.2, -0.15) is 4.98 Å². The number of aryl methyl sites for hydroxylation is 1. The molecule has 0 aliphatic rings. The van der Waals surface area contributed by atoms with Crippen molar-refractivity contribution in [3.8, 4) is 0 Å². The lowest BCUT2D eigenvalue weighted by Crippen LogP contribution is -2.37. The van der Waals surface area contributed by atoms with E-state index in [9.17, 15) is 19.8 Å². The lowest BCUT2D eigenvalue weighted by molar-refractivity contribution is -0.150. The number of ether oxygens (including phenoxy) is 1. The van der Waals surface area contributed by atoms with Crippen LogP contribution in [0.2, 0.25) is 0 Å². The summed E-state index contributed by atoms with van der Waals surface area (Å²) in [5.41, 5.74) is 4.58. The van der Waals surface area contributed by atoms with Gasteiger partial charge in [-0.05, 0) is 12.3 Å². The molecular formula is C16H25N5O5. The van der Waals surface area contributed by atoms with Gasteiger partial charge in [0.05, 0.1) is 25.0 Å². The van der Waals surface area contributed by atoms with E-state index in [2.05, 4.69) is 15.0 Å². The Morgan fingerprint density at radius 1 is 1.42 bits per heavy atom. The van der Waals surface area contributed by atoms with Crippen LogP contribution in [-0.4, -0.2) is 55.5 Å². The summed E-state index contributed by atoms with van der Waals surface area (Å²) in [6.07, 6.45) is 2.00. The van der Waals surface area contributed by atoms with Crippen LogP contribution < -0.4 is 11.3 Å².